The van der Waals surface area contributed by atoms with E-state index in [1.165, 1.54) is 6.07 Å². The number of halogens is 1. The van der Waals surface area contributed by atoms with Gasteiger partial charge in [0.25, 0.3) is 0 Å². The molecule has 4 heteroatoms. The second kappa shape index (κ2) is 5.55. The van der Waals surface area contributed by atoms with E-state index in [-0.39, 0.29) is 11.2 Å². The Morgan fingerprint density at radius 2 is 2.05 bits per heavy atom. The van der Waals surface area contributed by atoms with Crippen molar-refractivity contribution in [2.24, 2.45) is 11.1 Å². The number of rotatable bonds is 3. The number of likely N-dealkylation sites (tertiary alicyclic amines) is 1. The average Bonchev–Trinajstić information content (AvgIpc) is 2.36. The summed E-state index contributed by atoms with van der Waals surface area (Å²) in [6, 6.07) is 4.99. The van der Waals surface area contributed by atoms with Gasteiger partial charge >= 0.3 is 0 Å². The Morgan fingerprint density at radius 3 is 2.63 bits per heavy atom. The molecule has 2 N–H and O–H groups in total. The largest absolute Gasteiger partial charge is 0.393 e. The zero-order valence-electron chi connectivity index (χ0n) is 11.6. The molecule has 104 valence electrons. The fourth-order valence-corrected chi connectivity index (χ4v) is 2.71. The maximum Gasteiger partial charge on any atom is 0.123 e. The maximum atomic E-state index is 13.3. The van der Waals surface area contributed by atoms with Crippen LogP contribution in [0.2, 0.25) is 0 Å². The molecular weight excluding hydrogens is 259 g/mol. The molecule has 1 aliphatic heterocycles. The third-order valence-electron chi connectivity index (χ3n) is 4.26. The molecule has 19 heavy (non-hydrogen) atoms. The van der Waals surface area contributed by atoms with Crippen molar-refractivity contribution >= 4 is 17.2 Å². The van der Waals surface area contributed by atoms with Gasteiger partial charge in [0.15, 0.2) is 0 Å². The summed E-state index contributed by atoms with van der Waals surface area (Å²) >= 11 is 5.14. The predicted octanol–water partition coefficient (Wildman–Crippen LogP) is 3.02. The topological polar surface area (TPSA) is 29.3 Å². The first-order valence-electron chi connectivity index (χ1n) is 6.68. The maximum absolute atomic E-state index is 13.3. The van der Waals surface area contributed by atoms with Gasteiger partial charge in [-0.1, -0.05) is 25.2 Å². The third kappa shape index (κ3) is 3.31. The summed E-state index contributed by atoms with van der Waals surface area (Å²) in [5.41, 5.74) is 8.01. The van der Waals surface area contributed by atoms with Crippen molar-refractivity contribution < 1.29 is 4.39 Å². The summed E-state index contributed by atoms with van der Waals surface area (Å²) in [6.07, 6.45) is 1.97. The molecule has 0 atom stereocenters. The van der Waals surface area contributed by atoms with Gasteiger partial charge in [-0.2, -0.15) is 0 Å². The monoisotopic (exact) mass is 280 g/mol. The molecule has 0 bridgehead atoms. The molecule has 1 aromatic rings. The zero-order valence-corrected chi connectivity index (χ0v) is 12.4. The van der Waals surface area contributed by atoms with Crippen molar-refractivity contribution in [1.29, 1.82) is 0 Å². The third-order valence-corrected chi connectivity index (χ3v) is 4.75. The first-order valence-corrected chi connectivity index (χ1v) is 7.09. The van der Waals surface area contributed by atoms with Crippen molar-refractivity contribution in [2.45, 2.75) is 33.2 Å². The molecule has 1 aliphatic rings. The number of nitrogens with two attached hydrogens (primary N) is 1. The van der Waals surface area contributed by atoms with Gasteiger partial charge in [-0.25, -0.2) is 4.39 Å². The molecule has 2 rings (SSSR count). The van der Waals surface area contributed by atoms with E-state index in [1.54, 1.807) is 6.07 Å². The van der Waals surface area contributed by atoms with Crippen molar-refractivity contribution in [3.8, 4) is 0 Å². The molecule has 1 saturated heterocycles. The minimum absolute atomic E-state index is 0.0111. The molecule has 1 fully saturated rings. The van der Waals surface area contributed by atoms with Crippen LogP contribution in [0.15, 0.2) is 18.2 Å². The lowest BCUT2D eigenvalue weighted by Crippen LogP contribution is -2.44. The average molecular weight is 280 g/mol. The van der Waals surface area contributed by atoms with Gasteiger partial charge in [0.05, 0.1) is 4.99 Å². The fraction of sp³-hybridized carbons (Fsp3) is 0.533. The number of hydrogen-bond donors (Lipinski definition) is 1. The van der Waals surface area contributed by atoms with Gasteiger partial charge in [-0.3, -0.25) is 4.90 Å². The molecular formula is C15H21FN2S. The highest BCUT2D eigenvalue weighted by atomic mass is 32.1. The van der Waals surface area contributed by atoms with Gasteiger partial charge in [0, 0.05) is 12.0 Å². The van der Waals surface area contributed by atoms with E-state index < -0.39 is 0 Å². The van der Waals surface area contributed by atoms with Crippen LogP contribution in [0, 0.1) is 18.2 Å². The first kappa shape index (κ1) is 14.4. The van der Waals surface area contributed by atoms with Crippen LogP contribution in [0.4, 0.5) is 4.39 Å². The zero-order chi connectivity index (χ0) is 14.0. The Kier molecular flexibility index (Phi) is 4.21. The molecule has 1 aromatic carbocycles. The number of aryl methyl sites for hydroxylation is 1. The first-order chi connectivity index (χ1) is 8.90. The Bertz CT molecular complexity index is 479. The summed E-state index contributed by atoms with van der Waals surface area (Å²) in [4.78, 5) is 2.97. The van der Waals surface area contributed by atoms with E-state index in [0.29, 0.717) is 4.99 Å². The van der Waals surface area contributed by atoms with Crippen LogP contribution in [-0.2, 0) is 6.54 Å². The SMILES string of the molecule is Cc1ccc(F)cc1CN1CCC(C)(C(N)=S)CC1. The summed E-state index contributed by atoms with van der Waals surface area (Å²) in [5.74, 6) is -0.161. The molecule has 0 radical (unpaired) electrons. The van der Waals surface area contributed by atoms with E-state index in [4.69, 9.17) is 18.0 Å². The number of hydrogen-bond acceptors (Lipinski definition) is 2. The van der Waals surface area contributed by atoms with Crippen LogP contribution >= 0.6 is 12.2 Å². The quantitative estimate of drug-likeness (QED) is 0.863. The molecule has 0 saturated carbocycles. The second-order valence-corrected chi connectivity index (χ2v) is 6.21. The number of piperidine rings is 1. The Hall–Kier alpha value is -1.00. The Balaban J connectivity index is 1.99. The Morgan fingerprint density at radius 1 is 1.42 bits per heavy atom. The highest BCUT2D eigenvalue weighted by Crippen LogP contribution is 2.31. The molecule has 1 heterocycles. The van der Waals surface area contributed by atoms with Crippen molar-refractivity contribution in [3.63, 3.8) is 0 Å². The summed E-state index contributed by atoms with van der Waals surface area (Å²) in [7, 11) is 0. The van der Waals surface area contributed by atoms with Crippen molar-refractivity contribution in [1.82, 2.24) is 4.90 Å². The van der Waals surface area contributed by atoms with E-state index in [0.717, 1.165) is 43.6 Å². The summed E-state index contributed by atoms with van der Waals surface area (Å²) < 4.78 is 13.3. The Labute approximate surface area is 119 Å². The van der Waals surface area contributed by atoms with E-state index in [2.05, 4.69) is 11.8 Å². The molecule has 0 aliphatic carbocycles. The molecule has 0 amide bonds. The normalized spacial score (nSPS) is 19.3. The molecule has 2 nitrogen and oxygen atoms in total. The summed E-state index contributed by atoms with van der Waals surface area (Å²) in [6.45, 7) is 6.89. The van der Waals surface area contributed by atoms with Crippen LogP contribution in [-0.4, -0.2) is 23.0 Å². The van der Waals surface area contributed by atoms with E-state index in [9.17, 15) is 4.39 Å². The van der Waals surface area contributed by atoms with Gasteiger partial charge in [0.2, 0.25) is 0 Å². The number of nitrogens with zero attached hydrogens (tertiary/aromatic N) is 1. The minimum Gasteiger partial charge on any atom is -0.393 e. The van der Waals surface area contributed by atoms with Gasteiger partial charge in [0.1, 0.15) is 5.82 Å². The second-order valence-electron chi connectivity index (χ2n) is 5.77. The molecule has 0 spiro atoms. The van der Waals surface area contributed by atoms with Crippen LogP contribution in [0.1, 0.15) is 30.9 Å². The highest BCUT2D eigenvalue weighted by molar-refractivity contribution is 7.80. The number of thiocarbonyl (C=S) groups is 1. The lowest BCUT2D eigenvalue weighted by molar-refractivity contribution is 0.157. The highest BCUT2D eigenvalue weighted by Gasteiger charge is 2.32. The summed E-state index contributed by atoms with van der Waals surface area (Å²) in [5, 5.41) is 0. The molecule has 0 aromatic heterocycles. The standard InChI is InChI=1S/C15H21FN2S/c1-11-3-4-13(16)9-12(11)10-18-7-5-15(2,6-8-18)14(17)19/h3-4,9H,5-8,10H2,1-2H3,(H2,17,19). The predicted molar refractivity (Wildman–Crippen MR) is 80.5 cm³/mol. The van der Waals surface area contributed by atoms with Crippen molar-refractivity contribution in [2.75, 3.05) is 13.1 Å². The van der Waals surface area contributed by atoms with Crippen LogP contribution in [0.3, 0.4) is 0 Å². The van der Waals surface area contributed by atoms with Crippen LogP contribution in [0.25, 0.3) is 0 Å². The lowest BCUT2D eigenvalue weighted by Gasteiger charge is -2.38. The van der Waals surface area contributed by atoms with E-state index >= 15 is 0 Å². The molecule has 0 unspecified atom stereocenters. The van der Waals surface area contributed by atoms with E-state index in [1.807, 2.05) is 13.0 Å². The van der Waals surface area contributed by atoms with Gasteiger partial charge in [-0.15, -0.1) is 0 Å². The van der Waals surface area contributed by atoms with Crippen molar-refractivity contribution in [3.05, 3.63) is 35.1 Å². The smallest absolute Gasteiger partial charge is 0.123 e. The van der Waals surface area contributed by atoms with Crippen LogP contribution in [0.5, 0.6) is 0 Å². The fourth-order valence-electron chi connectivity index (χ4n) is 2.50. The lowest BCUT2D eigenvalue weighted by atomic mass is 9.80. The van der Waals surface area contributed by atoms with Gasteiger partial charge < -0.3 is 5.73 Å². The minimum atomic E-state index is -0.161. The number of benzene rings is 1. The van der Waals surface area contributed by atoms with Gasteiger partial charge in [-0.05, 0) is 56.1 Å². The van der Waals surface area contributed by atoms with Crippen LogP contribution < -0.4 is 5.73 Å².